The number of likely N-dealkylation sites (tertiary alicyclic amines) is 1. The lowest BCUT2D eigenvalue weighted by Crippen LogP contribution is -2.41. The molecule has 1 aromatic rings. The zero-order valence-corrected chi connectivity index (χ0v) is 15.8. The molecule has 0 aromatic heterocycles. The zero-order valence-electron chi connectivity index (χ0n) is 15.8. The molecule has 2 rings (SSSR count). The highest BCUT2D eigenvalue weighted by molar-refractivity contribution is 5.80. The van der Waals surface area contributed by atoms with Gasteiger partial charge in [0, 0.05) is 13.1 Å². The van der Waals surface area contributed by atoms with Crippen LogP contribution < -0.4 is 0 Å². The van der Waals surface area contributed by atoms with Crippen LogP contribution in [0.5, 0.6) is 0 Å². The summed E-state index contributed by atoms with van der Waals surface area (Å²) in [5.74, 6) is -0.438. The second kappa shape index (κ2) is 7.06. The standard InChI is InChI=1S/C20H29NO4/c1-19(2,3)25-18(24)21-12-10-15(11-13-21)14-6-8-16(9-7-14)20(4,5)17(22)23/h6-9,15H,10-13H2,1-5H3,(H,22,23). The molecular weight excluding hydrogens is 318 g/mol. The van der Waals surface area contributed by atoms with Crippen LogP contribution in [0.1, 0.15) is 64.5 Å². The number of piperidine rings is 1. The van der Waals surface area contributed by atoms with Crippen molar-refractivity contribution in [2.24, 2.45) is 0 Å². The third kappa shape index (κ3) is 4.74. The lowest BCUT2D eigenvalue weighted by atomic mass is 9.82. The Labute approximate surface area is 150 Å². The van der Waals surface area contributed by atoms with E-state index in [1.54, 1.807) is 18.7 Å². The van der Waals surface area contributed by atoms with Gasteiger partial charge >= 0.3 is 12.1 Å². The van der Waals surface area contributed by atoms with Gasteiger partial charge < -0.3 is 14.7 Å². The van der Waals surface area contributed by atoms with E-state index in [9.17, 15) is 14.7 Å². The van der Waals surface area contributed by atoms with Gasteiger partial charge in [0.05, 0.1) is 5.41 Å². The fraction of sp³-hybridized carbons (Fsp3) is 0.600. The SMILES string of the molecule is CC(C)(C)OC(=O)N1CCC(c2ccc(C(C)(C)C(=O)O)cc2)CC1. The van der Waals surface area contributed by atoms with Crippen molar-refractivity contribution in [1.82, 2.24) is 4.90 Å². The van der Waals surface area contributed by atoms with E-state index in [4.69, 9.17) is 4.74 Å². The van der Waals surface area contributed by atoms with Crippen molar-refractivity contribution in [1.29, 1.82) is 0 Å². The van der Waals surface area contributed by atoms with Gasteiger partial charge in [0.25, 0.3) is 0 Å². The molecule has 1 amide bonds. The van der Waals surface area contributed by atoms with E-state index in [1.807, 2.05) is 45.0 Å². The Kier molecular flexibility index (Phi) is 5.45. The Morgan fingerprint density at radius 3 is 2.00 bits per heavy atom. The molecule has 5 heteroatoms. The number of nitrogens with zero attached hydrogens (tertiary/aromatic N) is 1. The number of aliphatic carboxylic acids is 1. The highest BCUT2D eigenvalue weighted by atomic mass is 16.6. The topological polar surface area (TPSA) is 66.8 Å². The molecule has 1 heterocycles. The Morgan fingerprint density at radius 1 is 1.04 bits per heavy atom. The first kappa shape index (κ1) is 19.3. The summed E-state index contributed by atoms with van der Waals surface area (Å²) in [7, 11) is 0. The Hall–Kier alpha value is -2.04. The molecule has 0 bridgehead atoms. The molecule has 25 heavy (non-hydrogen) atoms. The molecular formula is C20H29NO4. The van der Waals surface area contributed by atoms with Gasteiger partial charge in [-0.25, -0.2) is 4.79 Å². The summed E-state index contributed by atoms with van der Waals surface area (Å²) >= 11 is 0. The Bertz CT molecular complexity index is 620. The number of rotatable bonds is 3. The molecule has 0 radical (unpaired) electrons. The largest absolute Gasteiger partial charge is 0.481 e. The second-order valence-electron chi connectivity index (χ2n) is 8.29. The number of ether oxygens (including phenoxy) is 1. The van der Waals surface area contributed by atoms with Crippen LogP contribution in [0, 0.1) is 0 Å². The van der Waals surface area contributed by atoms with Gasteiger partial charge in [-0.3, -0.25) is 4.79 Å². The van der Waals surface area contributed by atoms with Gasteiger partial charge in [0.1, 0.15) is 5.60 Å². The monoisotopic (exact) mass is 347 g/mol. The van der Waals surface area contributed by atoms with Crippen LogP contribution in [-0.2, 0) is 14.9 Å². The van der Waals surface area contributed by atoms with Crippen molar-refractivity contribution in [2.75, 3.05) is 13.1 Å². The van der Waals surface area contributed by atoms with Crippen molar-refractivity contribution >= 4 is 12.1 Å². The van der Waals surface area contributed by atoms with Crippen LogP contribution in [0.3, 0.4) is 0 Å². The van der Waals surface area contributed by atoms with E-state index in [0.29, 0.717) is 19.0 Å². The number of benzene rings is 1. The van der Waals surface area contributed by atoms with Crippen molar-refractivity contribution in [2.45, 2.75) is 64.4 Å². The highest BCUT2D eigenvalue weighted by Crippen LogP contribution is 2.31. The summed E-state index contributed by atoms with van der Waals surface area (Å²) in [4.78, 5) is 25.2. The fourth-order valence-electron chi connectivity index (χ4n) is 3.02. The molecule has 0 aliphatic carbocycles. The predicted octanol–water partition coefficient (Wildman–Crippen LogP) is 4.16. The maximum absolute atomic E-state index is 12.1. The van der Waals surface area contributed by atoms with Crippen molar-refractivity contribution in [3.63, 3.8) is 0 Å². The molecule has 1 fully saturated rings. The fourth-order valence-corrected chi connectivity index (χ4v) is 3.02. The van der Waals surface area contributed by atoms with Crippen molar-refractivity contribution in [3.05, 3.63) is 35.4 Å². The molecule has 0 saturated carbocycles. The van der Waals surface area contributed by atoms with Crippen LogP contribution in [0.15, 0.2) is 24.3 Å². The third-order valence-corrected chi connectivity index (χ3v) is 4.79. The van der Waals surface area contributed by atoms with Crippen LogP contribution in [0.4, 0.5) is 4.79 Å². The van der Waals surface area contributed by atoms with E-state index in [0.717, 1.165) is 18.4 Å². The van der Waals surface area contributed by atoms with E-state index < -0.39 is 17.0 Å². The van der Waals surface area contributed by atoms with Gasteiger partial charge in [-0.15, -0.1) is 0 Å². The van der Waals surface area contributed by atoms with Gasteiger partial charge in [0.15, 0.2) is 0 Å². The molecule has 1 saturated heterocycles. The lowest BCUT2D eigenvalue weighted by molar-refractivity contribution is -0.142. The first-order valence-corrected chi connectivity index (χ1v) is 8.82. The average molecular weight is 347 g/mol. The minimum absolute atomic E-state index is 0.246. The van der Waals surface area contributed by atoms with E-state index >= 15 is 0 Å². The second-order valence-corrected chi connectivity index (χ2v) is 8.29. The van der Waals surface area contributed by atoms with Crippen LogP contribution in [-0.4, -0.2) is 40.8 Å². The number of carboxylic acid groups (broad SMARTS) is 1. The lowest BCUT2D eigenvalue weighted by Gasteiger charge is -2.33. The Balaban J connectivity index is 1.97. The summed E-state index contributed by atoms with van der Waals surface area (Å²) in [6.07, 6.45) is 1.53. The quantitative estimate of drug-likeness (QED) is 0.891. The minimum Gasteiger partial charge on any atom is -0.481 e. The number of carbonyl (C=O) groups is 2. The summed E-state index contributed by atoms with van der Waals surface area (Å²) in [5.41, 5.74) is 0.642. The molecule has 138 valence electrons. The van der Waals surface area contributed by atoms with Crippen LogP contribution in [0.2, 0.25) is 0 Å². The highest BCUT2D eigenvalue weighted by Gasteiger charge is 2.30. The number of hydrogen-bond donors (Lipinski definition) is 1. The molecule has 0 atom stereocenters. The molecule has 5 nitrogen and oxygen atoms in total. The van der Waals surface area contributed by atoms with Crippen LogP contribution >= 0.6 is 0 Å². The first-order valence-electron chi connectivity index (χ1n) is 8.82. The van der Waals surface area contributed by atoms with E-state index in [-0.39, 0.29) is 6.09 Å². The molecule has 0 unspecified atom stereocenters. The number of amides is 1. The van der Waals surface area contributed by atoms with E-state index in [1.165, 1.54) is 5.56 Å². The summed E-state index contributed by atoms with van der Waals surface area (Å²) in [5, 5.41) is 9.33. The normalized spacial score (nSPS) is 16.6. The number of hydrogen-bond acceptors (Lipinski definition) is 3. The predicted molar refractivity (Wildman–Crippen MR) is 96.9 cm³/mol. The Morgan fingerprint density at radius 2 is 1.56 bits per heavy atom. The summed E-state index contributed by atoms with van der Waals surface area (Å²) in [6.45, 7) is 10.4. The van der Waals surface area contributed by atoms with Gasteiger partial charge in [-0.1, -0.05) is 24.3 Å². The minimum atomic E-state index is -0.890. The molecule has 1 N–H and O–H groups in total. The van der Waals surface area contributed by atoms with Crippen molar-refractivity contribution in [3.8, 4) is 0 Å². The molecule has 1 aliphatic rings. The number of carbonyl (C=O) groups excluding carboxylic acids is 1. The van der Waals surface area contributed by atoms with E-state index in [2.05, 4.69) is 0 Å². The summed E-state index contributed by atoms with van der Waals surface area (Å²) in [6, 6.07) is 7.86. The maximum Gasteiger partial charge on any atom is 0.410 e. The average Bonchev–Trinajstić information content (AvgIpc) is 2.53. The molecule has 1 aliphatic heterocycles. The zero-order chi connectivity index (χ0) is 18.8. The number of carboxylic acids is 1. The first-order chi connectivity index (χ1) is 11.5. The summed E-state index contributed by atoms with van der Waals surface area (Å²) < 4.78 is 5.43. The van der Waals surface area contributed by atoms with Crippen LogP contribution in [0.25, 0.3) is 0 Å². The van der Waals surface area contributed by atoms with Gasteiger partial charge in [-0.05, 0) is 64.5 Å². The smallest absolute Gasteiger partial charge is 0.410 e. The third-order valence-electron chi connectivity index (χ3n) is 4.79. The maximum atomic E-state index is 12.1. The molecule has 0 spiro atoms. The molecule has 1 aromatic carbocycles. The van der Waals surface area contributed by atoms with Gasteiger partial charge in [-0.2, -0.15) is 0 Å². The van der Waals surface area contributed by atoms with Gasteiger partial charge in [0.2, 0.25) is 0 Å². The van der Waals surface area contributed by atoms with Crippen molar-refractivity contribution < 1.29 is 19.4 Å².